The average molecular weight is 384 g/mol. The number of ether oxygens (including phenoxy) is 1. The Kier molecular flexibility index (Phi) is 5.37. The van der Waals surface area contributed by atoms with Crippen LogP contribution in [0.15, 0.2) is 35.5 Å². The molecule has 0 aromatic heterocycles. The van der Waals surface area contributed by atoms with Gasteiger partial charge in [0.05, 0.1) is 37.1 Å². The SMILES string of the molecule is Cc1ccc([C@H]2NC(=O)N(C)C3=C2C(=O)N(CCCN2CCOCC2)C3)cc1. The predicted molar refractivity (Wildman–Crippen MR) is 106 cm³/mol. The molecule has 1 aromatic carbocycles. The van der Waals surface area contributed by atoms with E-state index in [-0.39, 0.29) is 18.0 Å². The maximum Gasteiger partial charge on any atom is 0.322 e. The van der Waals surface area contributed by atoms with Gasteiger partial charge in [0.25, 0.3) is 5.91 Å². The van der Waals surface area contributed by atoms with Crippen molar-refractivity contribution in [2.45, 2.75) is 19.4 Å². The minimum Gasteiger partial charge on any atom is -0.379 e. The van der Waals surface area contributed by atoms with E-state index in [0.717, 1.165) is 56.1 Å². The second-order valence-electron chi connectivity index (χ2n) is 7.75. The first-order valence-corrected chi connectivity index (χ1v) is 9.98. The number of likely N-dealkylation sites (N-methyl/N-ethyl adjacent to an activating group) is 1. The summed E-state index contributed by atoms with van der Waals surface area (Å²) in [6.45, 7) is 7.68. The number of hydrogen-bond donors (Lipinski definition) is 1. The number of aryl methyl sites for hydroxylation is 1. The number of rotatable bonds is 5. The van der Waals surface area contributed by atoms with E-state index in [0.29, 0.717) is 18.7 Å². The van der Waals surface area contributed by atoms with Crippen molar-refractivity contribution in [2.75, 3.05) is 53.0 Å². The molecule has 0 unspecified atom stereocenters. The van der Waals surface area contributed by atoms with Crippen molar-refractivity contribution >= 4 is 11.9 Å². The van der Waals surface area contributed by atoms with Crippen LogP contribution in [0.1, 0.15) is 23.6 Å². The van der Waals surface area contributed by atoms with Crippen LogP contribution in [0.2, 0.25) is 0 Å². The average Bonchev–Trinajstić information content (AvgIpc) is 3.03. The van der Waals surface area contributed by atoms with Crippen LogP contribution in [0.3, 0.4) is 0 Å². The third-order valence-electron chi connectivity index (χ3n) is 5.85. The van der Waals surface area contributed by atoms with Gasteiger partial charge in [0.2, 0.25) is 0 Å². The summed E-state index contributed by atoms with van der Waals surface area (Å²) in [5.74, 6) is 0.0365. The molecule has 1 N–H and O–H groups in total. The van der Waals surface area contributed by atoms with Crippen molar-refractivity contribution in [1.82, 2.24) is 20.0 Å². The van der Waals surface area contributed by atoms with Crippen molar-refractivity contribution < 1.29 is 14.3 Å². The van der Waals surface area contributed by atoms with Crippen LogP contribution >= 0.6 is 0 Å². The summed E-state index contributed by atoms with van der Waals surface area (Å²) >= 11 is 0. The Morgan fingerprint density at radius 3 is 2.54 bits per heavy atom. The van der Waals surface area contributed by atoms with E-state index in [2.05, 4.69) is 10.2 Å². The Balaban J connectivity index is 1.47. The summed E-state index contributed by atoms with van der Waals surface area (Å²) in [4.78, 5) is 31.5. The van der Waals surface area contributed by atoms with Crippen molar-refractivity contribution in [2.24, 2.45) is 0 Å². The van der Waals surface area contributed by atoms with Crippen LogP contribution in [0.25, 0.3) is 0 Å². The molecule has 1 saturated heterocycles. The Morgan fingerprint density at radius 1 is 1.11 bits per heavy atom. The third kappa shape index (κ3) is 3.64. The molecule has 3 aliphatic rings. The second-order valence-corrected chi connectivity index (χ2v) is 7.75. The van der Waals surface area contributed by atoms with E-state index >= 15 is 0 Å². The molecule has 3 aliphatic heterocycles. The number of amides is 3. The first kappa shape index (κ1) is 19.0. The molecule has 7 nitrogen and oxygen atoms in total. The number of urea groups is 1. The Bertz CT molecular complexity index is 783. The van der Waals surface area contributed by atoms with Crippen molar-refractivity contribution in [3.8, 4) is 0 Å². The Labute approximate surface area is 165 Å². The van der Waals surface area contributed by atoms with Crippen LogP contribution in [0, 0.1) is 6.92 Å². The molecule has 4 rings (SSSR count). The van der Waals surface area contributed by atoms with Gasteiger partial charge in [-0.1, -0.05) is 29.8 Å². The molecule has 0 radical (unpaired) electrons. The van der Waals surface area contributed by atoms with Gasteiger partial charge < -0.3 is 15.0 Å². The van der Waals surface area contributed by atoms with E-state index in [1.165, 1.54) is 0 Å². The third-order valence-corrected chi connectivity index (χ3v) is 5.85. The van der Waals surface area contributed by atoms with Crippen LogP contribution in [0.4, 0.5) is 4.79 Å². The second kappa shape index (κ2) is 7.93. The number of nitrogens with one attached hydrogen (secondary N) is 1. The highest BCUT2D eigenvalue weighted by Gasteiger charge is 2.42. The minimum absolute atomic E-state index is 0.0365. The lowest BCUT2D eigenvalue weighted by Crippen LogP contribution is -2.45. The maximum atomic E-state index is 13.2. The van der Waals surface area contributed by atoms with Gasteiger partial charge in [-0.05, 0) is 18.9 Å². The molecule has 0 aliphatic carbocycles. The zero-order chi connectivity index (χ0) is 19.7. The topological polar surface area (TPSA) is 65.1 Å². The smallest absolute Gasteiger partial charge is 0.322 e. The summed E-state index contributed by atoms with van der Waals surface area (Å²) in [6, 6.07) is 7.47. The van der Waals surface area contributed by atoms with Gasteiger partial charge in [0, 0.05) is 33.2 Å². The summed E-state index contributed by atoms with van der Waals surface area (Å²) in [5, 5.41) is 2.99. The molecular weight excluding hydrogens is 356 g/mol. The number of benzene rings is 1. The number of carbonyl (C=O) groups is 2. The fraction of sp³-hybridized carbons (Fsp3) is 0.524. The summed E-state index contributed by atoms with van der Waals surface area (Å²) in [7, 11) is 1.74. The lowest BCUT2D eigenvalue weighted by Gasteiger charge is -2.31. The maximum absolute atomic E-state index is 13.2. The van der Waals surface area contributed by atoms with E-state index in [1.54, 1.807) is 11.9 Å². The minimum atomic E-state index is -0.379. The number of carbonyl (C=O) groups excluding carboxylic acids is 2. The van der Waals surface area contributed by atoms with Gasteiger partial charge in [-0.2, -0.15) is 0 Å². The van der Waals surface area contributed by atoms with Crippen molar-refractivity contribution in [3.63, 3.8) is 0 Å². The zero-order valence-corrected chi connectivity index (χ0v) is 16.6. The summed E-state index contributed by atoms with van der Waals surface area (Å²) in [6.07, 6.45) is 0.923. The lowest BCUT2D eigenvalue weighted by molar-refractivity contribution is -0.125. The molecule has 0 saturated carbocycles. The summed E-state index contributed by atoms with van der Waals surface area (Å²) in [5.41, 5.74) is 3.63. The first-order valence-electron chi connectivity index (χ1n) is 9.98. The Hall–Kier alpha value is -2.38. The molecule has 1 aromatic rings. The number of nitrogens with zero attached hydrogens (tertiary/aromatic N) is 3. The van der Waals surface area contributed by atoms with Crippen molar-refractivity contribution in [1.29, 1.82) is 0 Å². The van der Waals surface area contributed by atoms with Crippen LogP contribution in [-0.4, -0.2) is 79.6 Å². The lowest BCUT2D eigenvalue weighted by atomic mass is 9.95. The molecule has 1 atom stereocenters. The van der Waals surface area contributed by atoms with Gasteiger partial charge >= 0.3 is 6.03 Å². The fourth-order valence-corrected chi connectivity index (χ4v) is 4.12. The first-order chi connectivity index (χ1) is 13.5. The molecule has 3 amide bonds. The van der Waals surface area contributed by atoms with Crippen LogP contribution in [0.5, 0.6) is 0 Å². The van der Waals surface area contributed by atoms with E-state index in [4.69, 9.17) is 4.74 Å². The van der Waals surface area contributed by atoms with E-state index < -0.39 is 0 Å². The predicted octanol–water partition coefficient (Wildman–Crippen LogP) is 1.51. The molecule has 0 spiro atoms. The number of hydrogen-bond acceptors (Lipinski definition) is 4. The highest BCUT2D eigenvalue weighted by Crippen LogP contribution is 2.35. The normalized spacial score (nSPS) is 23.3. The molecule has 0 bridgehead atoms. The highest BCUT2D eigenvalue weighted by molar-refractivity contribution is 6.01. The molecular formula is C21H28N4O3. The van der Waals surface area contributed by atoms with E-state index in [9.17, 15) is 9.59 Å². The molecule has 28 heavy (non-hydrogen) atoms. The highest BCUT2D eigenvalue weighted by atomic mass is 16.5. The molecule has 150 valence electrons. The van der Waals surface area contributed by atoms with Crippen LogP contribution in [-0.2, 0) is 9.53 Å². The van der Waals surface area contributed by atoms with Crippen LogP contribution < -0.4 is 5.32 Å². The Morgan fingerprint density at radius 2 is 1.82 bits per heavy atom. The fourth-order valence-electron chi connectivity index (χ4n) is 4.12. The molecule has 7 heteroatoms. The van der Waals surface area contributed by atoms with Gasteiger partial charge in [-0.15, -0.1) is 0 Å². The number of morpholine rings is 1. The van der Waals surface area contributed by atoms with Crippen molar-refractivity contribution in [3.05, 3.63) is 46.7 Å². The summed E-state index contributed by atoms with van der Waals surface area (Å²) < 4.78 is 5.39. The monoisotopic (exact) mass is 384 g/mol. The molecule has 3 heterocycles. The largest absolute Gasteiger partial charge is 0.379 e. The quantitative estimate of drug-likeness (QED) is 0.836. The molecule has 1 fully saturated rings. The van der Waals surface area contributed by atoms with Gasteiger partial charge in [-0.25, -0.2) is 4.79 Å². The van der Waals surface area contributed by atoms with E-state index in [1.807, 2.05) is 36.1 Å². The van der Waals surface area contributed by atoms with Gasteiger partial charge in [-0.3, -0.25) is 14.6 Å². The van der Waals surface area contributed by atoms with Gasteiger partial charge in [0.1, 0.15) is 0 Å². The van der Waals surface area contributed by atoms with Gasteiger partial charge in [0.15, 0.2) is 0 Å². The zero-order valence-electron chi connectivity index (χ0n) is 16.6. The standard InChI is InChI=1S/C21H28N4O3/c1-15-4-6-16(7-5-15)19-18-17(23(2)21(27)22-19)14-25(20(18)26)9-3-8-24-10-12-28-13-11-24/h4-7,19H,3,8-14H2,1-2H3,(H,22,27)/t19-/m1/s1.